The van der Waals surface area contributed by atoms with E-state index in [0.29, 0.717) is 11.9 Å². The Balaban J connectivity index is 1.83. The first-order valence-electron chi connectivity index (χ1n) is 6.16. The molecule has 1 fully saturated rings. The third kappa shape index (κ3) is 4.28. The van der Waals surface area contributed by atoms with Crippen LogP contribution in [-0.4, -0.2) is 37.6 Å². The SMILES string of the molecule is COC(C[C@@H](OCc1ccccc1)[C@@H]1CS1)OC. The van der Waals surface area contributed by atoms with Gasteiger partial charge in [-0.2, -0.15) is 11.8 Å². The first-order chi connectivity index (χ1) is 8.83. The van der Waals surface area contributed by atoms with E-state index in [-0.39, 0.29) is 12.4 Å². The molecule has 2 atom stereocenters. The summed E-state index contributed by atoms with van der Waals surface area (Å²) in [4.78, 5) is 0. The van der Waals surface area contributed by atoms with Crippen LogP contribution in [0.4, 0.5) is 0 Å². The Hall–Kier alpha value is -0.550. The standard InChI is InChI=1S/C14H20O3S/c1-15-14(16-2)8-12(13-10-18-13)17-9-11-6-4-3-5-7-11/h3-7,12-14H,8-10H2,1-2H3/t12-,13+/m1/s1. The van der Waals surface area contributed by atoms with Crippen molar-refractivity contribution in [2.75, 3.05) is 20.0 Å². The van der Waals surface area contributed by atoms with Crippen LogP contribution in [0.5, 0.6) is 0 Å². The van der Waals surface area contributed by atoms with Gasteiger partial charge in [0.05, 0.1) is 12.7 Å². The van der Waals surface area contributed by atoms with Gasteiger partial charge < -0.3 is 14.2 Å². The molecule has 0 aliphatic carbocycles. The summed E-state index contributed by atoms with van der Waals surface area (Å²) in [5.74, 6) is 1.18. The van der Waals surface area contributed by atoms with E-state index >= 15 is 0 Å². The molecule has 0 spiro atoms. The fraction of sp³-hybridized carbons (Fsp3) is 0.571. The average Bonchev–Trinajstić information content (AvgIpc) is 3.25. The normalized spacial score (nSPS) is 20.1. The van der Waals surface area contributed by atoms with Gasteiger partial charge in [0.1, 0.15) is 0 Å². The second-order valence-corrected chi connectivity index (χ2v) is 5.62. The summed E-state index contributed by atoms with van der Waals surface area (Å²) >= 11 is 1.94. The van der Waals surface area contributed by atoms with E-state index in [1.54, 1.807) is 14.2 Å². The van der Waals surface area contributed by atoms with Gasteiger partial charge in [-0.05, 0) is 5.56 Å². The topological polar surface area (TPSA) is 27.7 Å². The Morgan fingerprint density at radius 1 is 1.22 bits per heavy atom. The Labute approximate surface area is 113 Å². The van der Waals surface area contributed by atoms with E-state index in [1.165, 1.54) is 11.3 Å². The van der Waals surface area contributed by atoms with Gasteiger partial charge in [0.25, 0.3) is 0 Å². The number of hydrogen-bond acceptors (Lipinski definition) is 4. The maximum atomic E-state index is 6.01. The summed E-state index contributed by atoms with van der Waals surface area (Å²) in [5.41, 5.74) is 1.21. The zero-order valence-electron chi connectivity index (χ0n) is 10.9. The Morgan fingerprint density at radius 2 is 1.89 bits per heavy atom. The van der Waals surface area contributed by atoms with Crippen molar-refractivity contribution in [3.8, 4) is 0 Å². The molecule has 0 amide bonds. The van der Waals surface area contributed by atoms with Gasteiger partial charge >= 0.3 is 0 Å². The second-order valence-electron chi connectivity index (χ2n) is 4.34. The number of thioether (sulfide) groups is 1. The summed E-state index contributed by atoms with van der Waals surface area (Å²) in [6.45, 7) is 0.655. The van der Waals surface area contributed by atoms with Crippen molar-refractivity contribution < 1.29 is 14.2 Å². The van der Waals surface area contributed by atoms with E-state index in [2.05, 4.69) is 12.1 Å². The zero-order chi connectivity index (χ0) is 12.8. The van der Waals surface area contributed by atoms with Crippen molar-refractivity contribution in [3.63, 3.8) is 0 Å². The molecule has 4 heteroatoms. The molecule has 1 aromatic carbocycles. The lowest BCUT2D eigenvalue weighted by Crippen LogP contribution is -2.27. The van der Waals surface area contributed by atoms with Crippen LogP contribution in [0.15, 0.2) is 30.3 Å². The minimum absolute atomic E-state index is 0.174. The van der Waals surface area contributed by atoms with E-state index in [1.807, 2.05) is 30.0 Å². The molecule has 1 aromatic rings. The van der Waals surface area contributed by atoms with Crippen LogP contribution >= 0.6 is 11.8 Å². The minimum Gasteiger partial charge on any atom is -0.372 e. The van der Waals surface area contributed by atoms with Gasteiger partial charge in [0, 0.05) is 31.6 Å². The van der Waals surface area contributed by atoms with E-state index in [4.69, 9.17) is 14.2 Å². The van der Waals surface area contributed by atoms with Crippen molar-refractivity contribution in [1.29, 1.82) is 0 Å². The van der Waals surface area contributed by atoms with Crippen molar-refractivity contribution >= 4 is 11.8 Å². The number of benzene rings is 1. The molecule has 1 heterocycles. The van der Waals surface area contributed by atoms with Gasteiger partial charge in [-0.25, -0.2) is 0 Å². The van der Waals surface area contributed by atoms with Gasteiger partial charge in [-0.1, -0.05) is 30.3 Å². The molecular formula is C14H20O3S. The number of hydrogen-bond donors (Lipinski definition) is 0. The van der Waals surface area contributed by atoms with Crippen molar-refractivity contribution in [1.82, 2.24) is 0 Å². The molecule has 0 aromatic heterocycles. The molecule has 18 heavy (non-hydrogen) atoms. The molecule has 0 N–H and O–H groups in total. The van der Waals surface area contributed by atoms with Crippen LogP contribution in [0, 0.1) is 0 Å². The molecule has 0 bridgehead atoms. The summed E-state index contributed by atoms with van der Waals surface area (Å²) in [7, 11) is 3.34. The maximum absolute atomic E-state index is 6.01. The number of rotatable bonds is 8. The largest absolute Gasteiger partial charge is 0.372 e. The molecule has 0 radical (unpaired) electrons. The summed E-state index contributed by atoms with van der Waals surface area (Å²) in [6.07, 6.45) is 0.824. The van der Waals surface area contributed by atoms with E-state index in [0.717, 1.165) is 6.42 Å². The fourth-order valence-electron chi connectivity index (χ4n) is 1.85. The predicted octanol–water partition coefficient (Wildman–Crippen LogP) is 2.70. The maximum Gasteiger partial charge on any atom is 0.159 e. The number of methoxy groups -OCH3 is 2. The highest BCUT2D eigenvalue weighted by atomic mass is 32.2. The van der Waals surface area contributed by atoms with Crippen LogP contribution < -0.4 is 0 Å². The summed E-state index contributed by atoms with van der Waals surface area (Å²) < 4.78 is 16.5. The molecule has 1 saturated heterocycles. The third-order valence-electron chi connectivity index (χ3n) is 3.03. The average molecular weight is 268 g/mol. The Kier molecular flexibility index (Phi) is 5.50. The summed E-state index contributed by atoms with van der Waals surface area (Å²) in [5, 5.41) is 0.599. The monoisotopic (exact) mass is 268 g/mol. The van der Waals surface area contributed by atoms with Crippen LogP contribution in [0.2, 0.25) is 0 Å². The second kappa shape index (κ2) is 7.14. The molecular weight excluding hydrogens is 248 g/mol. The number of ether oxygens (including phenoxy) is 3. The van der Waals surface area contributed by atoms with Crippen LogP contribution in [0.3, 0.4) is 0 Å². The lowest BCUT2D eigenvalue weighted by Gasteiger charge is -2.21. The molecule has 0 saturated carbocycles. The molecule has 1 aliphatic rings. The summed E-state index contributed by atoms with van der Waals surface area (Å²) in [6, 6.07) is 10.3. The quantitative estimate of drug-likeness (QED) is 0.535. The van der Waals surface area contributed by atoms with Crippen molar-refractivity contribution in [3.05, 3.63) is 35.9 Å². The fourth-order valence-corrected chi connectivity index (χ4v) is 2.58. The van der Waals surface area contributed by atoms with Gasteiger partial charge in [-0.3, -0.25) is 0 Å². The zero-order valence-corrected chi connectivity index (χ0v) is 11.7. The lowest BCUT2D eigenvalue weighted by atomic mass is 10.2. The first kappa shape index (κ1) is 13.9. The lowest BCUT2D eigenvalue weighted by molar-refractivity contribution is -0.130. The van der Waals surface area contributed by atoms with Gasteiger partial charge in [-0.15, -0.1) is 0 Å². The molecule has 0 unspecified atom stereocenters. The highest BCUT2D eigenvalue weighted by molar-refractivity contribution is 8.06. The van der Waals surface area contributed by atoms with Gasteiger partial charge in [0.15, 0.2) is 6.29 Å². The minimum atomic E-state index is -0.174. The third-order valence-corrected chi connectivity index (χ3v) is 4.05. The van der Waals surface area contributed by atoms with Crippen molar-refractivity contribution in [2.45, 2.75) is 30.7 Å². The van der Waals surface area contributed by atoms with Crippen LogP contribution in [0.1, 0.15) is 12.0 Å². The Bertz CT molecular complexity index is 336. The molecule has 1 aliphatic heterocycles. The highest BCUT2D eigenvalue weighted by Gasteiger charge is 2.34. The first-order valence-corrected chi connectivity index (χ1v) is 7.21. The smallest absolute Gasteiger partial charge is 0.159 e. The van der Waals surface area contributed by atoms with Gasteiger partial charge in [0.2, 0.25) is 0 Å². The molecule has 2 rings (SSSR count). The van der Waals surface area contributed by atoms with E-state index < -0.39 is 0 Å². The highest BCUT2D eigenvalue weighted by Crippen LogP contribution is 2.37. The predicted molar refractivity (Wildman–Crippen MR) is 73.7 cm³/mol. The Morgan fingerprint density at radius 3 is 2.44 bits per heavy atom. The van der Waals surface area contributed by atoms with Crippen LogP contribution in [0.25, 0.3) is 0 Å². The van der Waals surface area contributed by atoms with E-state index in [9.17, 15) is 0 Å². The van der Waals surface area contributed by atoms with Crippen LogP contribution in [-0.2, 0) is 20.8 Å². The molecule has 3 nitrogen and oxygen atoms in total. The molecule has 100 valence electrons. The van der Waals surface area contributed by atoms with Crippen molar-refractivity contribution in [2.24, 2.45) is 0 Å².